The summed E-state index contributed by atoms with van der Waals surface area (Å²) in [6, 6.07) is -0.581. The van der Waals surface area contributed by atoms with Crippen molar-refractivity contribution in [1.82, 2.24) is 5.43 Å². The zero-order chi connectivity index (χ0) is 9.97. The first-order valence-electron chi connectivity index (χ1n) is 5.36. The number of rotatable bonds is 2. The largest absolute Gasteiger partial charge is 0.350 e. The van der Waals surface area contributed by atoms with E-state index in [4.69, 9.17) is 5.73 Å². The Morgan fingerprint density at radius 3 is 3.00 bits per heavy atom. The molecule has 2 aliphatic rings. The van der Waals surface area contributed by atoms with Crippen LogP contribution in [0, 0.1) is 17.8 Å². The van der Waals surface area contributed by atoms with Crippen LogP contribution >= 0.6 is 0 Å². The second kappa shape index (κ2) is 3.98. The minimum Gasteiger partial charge on any atom is -0.350 e. The van der Waals surface area contributed by atoms with Crippen molar-refractivity contribution in [3.05, 3.63) is 0 Å². The summed E-state index contributed by atoms with van der Waals surface area (Å²) < 4.78 is 0. The summed E-state index contributed by atoms with van der Waals surface area (Å²) in [5.74, 6) is 2.29. The van der Waals surface area contributed by atoms with Crippen LogP contribution in [0.1, 0.15) is 32.1 Å². The monoisotopic (exact) mass is 195 g/mol. The molecule has 2 amide bonds. The van der Waals surface area contributed by atoms with Gasteiger partial charge in [-0.2, -0.15) is 5.10 Å². The number of fused-ring (bicyclic) bond motifs is 1. The van der Waals surface area contributed by atoms with Gasteiger partial charge in [-0.25, -0.2) is 10.2 Å². The van der Waals surface area contributed by atoms with Crippen LogP contribution in [0.4, 0.5) is 4.79 Å². The van der Waals surface area contributed by atoms with Crippen LogP contribution in [0.25, 0.3) is 0 Å². The maximum atomic E-state index is 10.4. The van der Waals surface area contributed by atoms with E-state index in [2.05, 4.69) is 10.5 Å². The Balaban J connectivity index is 1.86. The number of hydrogen-bond acceptors (Lipinski definition) is 2. The van der Waals surface area contributed by atoms with E-state index >= 15 is 0 Å². The molecule has 3 N–H and O–H groups in total. The number of urea groups is 1. The number of nitrogens with zero attached hydrogens (tertiary/aromatic N) is 1. The molecule has 2 rings (SSSR count). The molecule has 78 valence electrons. The predicted octanol–water partition coefficient (Wildman–Crippen LogP) is 1.47. The third-order valence-electron chi connectivity index (χ3n) is 3.58. The molecule has 0 bridgehead atoms. The first-order chi connectivity index (χ1) is 6.77. The van der Waals surface area contributed by atoms with Gasteiger partial charge in [0.25, 0.3) is 0 Å². The lowest BCUT2D eigenvalue weighted by molar-refractivity contribution is 0.249. The number of amides is 2. The highest BCUT2D eigenvalue weighted by Crippen LogP contribution is 2.46. The molecule has 0 aliphatic heterocycles. The third kappa shape index (κ3) is 1.89. The maximum absolute atomic E-state index is 10.4. The summed E-state index contributed by atoms with van der Waals surface area (Å²) in [5.41, 5.74) is 7.18. The fourth-order valence-corrected chi connectivity index (χ4v) is 2.99. The summed E-state index contributed by atoms with van der Waals surface area (Å²) in [6.45, 7) is 0. The Morgan fingerprint density at radius 1 is 1.36 bits per heavy atom. The van der Waals surface area contributed by atoms with Crippen LogP contribution in [0.15, 0.2) is 5.10 Å². The molecular formula is C10H17N3O. The van der Waals surface area contributed by atoms with E-state index in [1.807, 2.05) is 6.21 Å². The number of carbonyl (C=O) groups excluding carboxylic acids is 1. The summed E-state index contributed by atoms with van der Waals surface area (Å²) in [6.07, 6.45) is 8.51. The van der Waals surface area contributed by atoms with Gasteiger partial charge >= 0.3 is 6.03 Å². The van der Waals surface area contributed by atoms with E-state index < -0.39 is 6.03 Å². The van der Waals surface area contributed by atoms with Crippen molar-refractivity contribution in [1.29, 1.82) is 0 Å². The minimum atomic E-state index is -0.581. The first kappa shape index (κ1) is 9.49. The third-order valence-corrected chi connectivity index (χ3v) is 3.58. The van der Waals surface area contributed by atoms with Crippen molar-refractivity contribution in [2.75, 3.05) is 0 Å². The van der Waals surface area contributed by atoms with Gasteiger partial charge in [0, 0.05) is 6.21 Å². The Kier molecular flexibility index (Phi) is 2.70. The summed E-state index contributed by atoms with van der Waals surface area (Å²) in [4.78, 5) is 10.4. The van der Waals surface area contributed by atoms with Crippen LogP contribution in [-0.4, -0.2) is 12.2 Å². The van der Waals surface area contributed by atoms with Gasteiger partial charge in [0.05, 0.1) is 0 Å². The molecule has 2 fully saturated rings. The summed E-state index contributed by atoms with van der Waals surface area (Å²) >= 11 is 0. The molecule has 4 nitrogen and oxygen atoms in total. The fraction of sp³-hybridized carbons (Fsp3) is 0.800. The van der Waals surface area contributed by atoms with Crippen molar-refractivity contribution >= 4 is 12.2 Å². The summed E-state index contributed by atoms with van der Waals surface area (Å²) in [5, 5.41) is 3.86. The number of primary amides is 1. The van der Waals surface area contributed by atoms with Crippen LogP contribution in [0.2, 0.25) is 0 Å². The van der Waals surface area contributed by atoms with Gasteiger partial charge in [-0.15, -0.1) is 0 Å². The maximum Gasteiger partial charge on any atom is 0.332 e. The summed E-state index contributed by atoms with van der Waals surface area (Å²) in [7, 11) is 0. The Morgan fingerprint density at radius 2 is 2.21 bits per heavy atom. The zero-order valence-corrected chi connectivity index (χ0v) is 8.28. The molecule has 0 heterocycles. The van der Waals surface area contributed by atoms with Gasteiger partial charge in [0.15, 0.2) is 0 Å². The number of hydrogen-bond donors (Lipinski definition) is 2. The normalized spacial score (nSPS) is 36.1. The van der Waals surface area contributed by atoms with Gasteiger partial charge in [-0.05, 0) is 37.0 Å². The van der Waals surface area contributed by atoms with Crippen LogP contribution in [0.5, 0.6) is 0 Å². The van der Waals surface area contributed by atoms with E-state index in [1.165, 1.54) is 32.1 Å². The lowest BCUT2D eigenvalue weighted by Gasteiger charge is -2.13. The number of hydrazone groups is 1. The Bertz CT molecular complexity index is 252. The molecule has 0 aromatic heterocycles. The second-order valence-electron chi connectivity index (χ2n) is 4.35. The Hall–Kier alpha value is -1.06. The van der Waals surface area contributed by atoms with Crippen LogP contribution in [-0.2, 0) is 0 Å². The van der Waals surface area contributed by atoms with Gasteiger partial charge in [-0.3, -0.25) is 0 Å². The second-order valence-corrected chi connectivity index (χ2v) is 4.35. The zero-order valence-electron chi connectivity index (χ0n) is 8.28. The van der Waals surface area contributed by atoms with Gasteiger partial charge < -0.3 is 5.73 Å². The van der Waals surface area contributed by atoms with Crippen LogP contribution < -0.4 is 11.2 Å². The van der Waals surface area contributed by atoms with Gasteiger partial charge in [0.1, 0.15) is 0 Å². The quantitative estimate of drug-likeness (QED) is 0.508. The number of nitrogens with one attached hydrogen (secondary N) is 1. The van der Waals surface area contributed by atoms with E-state index in [-0.39, 0.29) is 0 Å². The number of carbonyl (C=O) groups is 1. The van der Waals surface area contributed by atoms with E-state index in [0.29, 0.717) is 5.92 Å². The van der Waals surface area contributed by atoms with Crippen molar-refractivity contribution < 1.29 is 4.79 Å². The highest BCUT2D eigenvalue weighted by molar-refractivity contribution is 5.73. The fourth-order valence-electron chi connectivity index (χ4n) is 2.99. The molecule has 0 spiro atoms. The molecule has 0 unspecified atom stereocenters. The number of nitrogens with two attached hydrogens (primary N) is 1. The van der Waals surface area contributed by atoms with Crippen molar-refractivity contribution in [2.45, 2.75) is 32.1 Å². The predicted molar refractivity (Wildman–Crippen MR) is 54.8 cm³/mol. The highest BCUT2D eigenvalue weighted by Gasteiger charge is 2.37. The first-order valence-corrected chi connectivity index (χ1v) is 5.36. The van der Waals surface area contributed by atoms with Crippen molar-refractivity contribution in [3.63, 3.8) is 0 Å². The van der Waals surface area contributed by atoms with Crippen molar-refractivity contribution in [3.8, 4) is 0 Å². The lowest BCUT2D eigenvalue weighted by Crippen LogP contribution is -2.25. The average molecular weight is 195 g/mol. The molecule has 2 saturated carbocycles. The lowest BCUT2D eigenvalue weighted by atomic mass is 9.93. The SMILES string of the molecule is NC(=O)N/N=C/[C@H]1CC[C@@H]2CCC[C@@H]21. The molecule has 0 aromatic carbocycles. The van der Waals surface area contributed by atoms with Crippen molar-refractivity contribution in [2.24, 2.45) is 28.6 Å². The van der Waals surface area contributed by atoms with Gasteiger partial charge in [0.2, 0.25) is 0 Å². The molecule has 0 saturated heterocycles. The topological polar surface area (TPSA) is 67.5 Å². The average Bonchev–Trinajstić information content (AvgIpc) is 2.67. The molecular weight excluding hydrogens is 178 g/mol. The molecule has 2 aliphatic carbocycles. The highest BCUT2D eigenvalue weighted by atomic mass is 16.2. The minimum absolute atomic E-state index is 0.564. The molecule has 4 heteroatoms. The molecule has 14 heavy (non-hydrogen) atoms. The van der Waals surface area contributed by atoms with Gasteiger partial charge in [-0.1, -0.05) is 12.8 Å². The molecule has 3 atom stereocenters. The van der Waals surface area contributed by atoms with E-state index in [9.17, 15) is 4.79 Å². The molecule has 0 aromatic rings. The van der Waals surface area contributed by atoms with Crippen LogP contribution in [0.3, 0.4) is 0 Å². The van der Waals surface area contributed by atoms with E-state index in [0.717, 1.165) is 11.8 Å². The smallest absolute Gasteiger partial charge is 0.332 e. The Labute approximate surface area is 83.9 Å². The van der Waals surface area contributed by atoms with E-state index in [1.54, 1.807) is 0 Å². The molecule has 0 radical (unpaired) electrons. The standard InChI is InChI=1S/C10H17N3O/c11-10(14)13-12-6-8-5-4-7-2-1-3-9(7)8/h6-9H,1-5H2,(H3,11,13,14)/b12-6+/t7-,8+,9-/m0/s1.